The molecule has 5 nitrogen and oxygen atoms in total. The molecule has 3 aromatic rings. The van der Waals surface area contributed by atoms with E-state index in [0.29, 0.717) is 28.7 Å². The highest BCUT2D eigenvalue weighted by Crippen LogP contribution is 2.40. The number of nitrogens with two attached hydrogens (primary N) is 1. The van der Waals surface area contributed by atoms with E-state index < -0.39 is 0 Å². The number of aromatic nitrogens is 1. The molecular weight excluding hydrogens is 358 g/mol. The number of nitrogen functional groups attached to an aromatic ring is 1. The second kappa shape index (κ2) is 7.73. The lowest BCUT2D eigenvalue weighted by molar-refractivity contribution is 0.460. The SMILES string of the molecule is CC(C)c1c(-c2ccc(C#N)c(N)c2C=N)[nH]c2ccc(C3CCNCC3)cc12. The van der Waals surface area contributed by atoms with Crippen LogP contribution in [0.1, 0.15) is 60.8 Å². The smallest absolute Gasteiger partial charge is 0.101 e. The van der Waals surface area contributed by atoms with E-state index in [0.717, 1.165) is 29.9 Å². The fourth-order valence-corrected chi connectivity index (χ4v) is 4.56. The molecule has 1 aliphatic heterocycles. The van der Waals surface area contributed by atoms with E-state index in [2.05, 4.69) is 48.4 Å². The summed E-state index contributed by atoms with van der Waals surface area (Å²) in [6, 6.07) is 12.5. The van der Waals surface area contributed by atoms with E-state index in [4.69, 9.17) is 11.1 Å². The molecule has 1 saturated heterocycles. The number of anilines is 1. The van der Waals surface area contributed by atoms with Crippen molar-refractivity contribution in [2.24, 2.45) is 0 Å². The highest BCUT2D eigenvalue weighted by atomic mass is 14.9. The number of nitrogens with zero attached hydrogens (tertiary/aromatic N) is 1. The molecule has 0 atom stereocenters. The van der Waals surface area contributed by atoms with Crippen molar-refractivity contribution in [3.63, 3.8) is 0 Å². The molecule has 1 aromatic heterocycles. The summed E-state index contributed by atoms with van der Waals surface area (Å²) >= 11 is 0. The Hall–Kier alpha value is -3.10. The molecule has 148 valence electrons. The average molecular weight is 386 g/mol. The zero-order chi connectivity index (χ0) is 20.5. The minimum atomic E-state index is 0.303. The molecule has 0 aliphatic carbocycles. The Labute approximate surface area is 171 Å². The third-order valence-corrected chi connectivity index (χ3v) is 6.07. The van der Waals surface area contributed by atoms with Gasteiger partial charge >= 0.3 is 0 Å². The van der Waals surface area contributed by atoms with Crippen LogP contribution in [-0.4, -0.2) is 24.3 Å². The largest absolute Gasteiger partial charge is 0.397 e. The summed E-state index contributed by atoms with van der Waals surface area (Å²) in [6.07, 6.45) is 3.59. The molecule has 0 radical (unpaired) electrons. The van der Waals surface area contributed by atoms with Gasteiger partial charge in [-0.1, -0.05) is 26.0 Å². The van der Waals surface area contributed by atoms with Gasteiger partial charge in [-0.15, -0.1) is 0 Å². The first-order valence-electron chi connectivity index (χ1n) is 10.2. The van der Waals surface area contributed by atoms with E-state index in [1.54, 1.807) is 6.07 Å². The fraction of sp³-hybridized carbons (Fsp3) is 0.333. The molecule has 5 heteroatoms. The number of H-pyrrole nitrogens is 1. The number of nitriles is 1. The first-order valence-corrected chi connectivity index (χ1v) is 10.2. The lowest BCUT2D eigenvalue weighted by Gasteiger charge is -2.23. The van der Waals surface area contributed by atoms with Gasteiger partial charge in [-0.05, 0) is 67.1 Å². The van der Waals surface area contributed by atoms with Gasteiger partial charge in [0.25, 0.3) is 0 Å². The molecule has 29 heavy (non-hydrogen) atoms. The molecule has 2 aromatic carbocycles. The van der Waals surface area contributed by atoms with E-state index in [1.807, 2.05) is 6.07 Å². The summed E-state index contributed by atoms with van der Waals surface area (Å²) in [5.41, 5.74) is 13.2. The van der Waals surface area contributed by atoms with Crippen molar-refractivity contribution in [1.82, 2.24) is 10.3 Å². The third kappa shape index (κ3) is 3.30. The molecule has 1 fully saturated rings. The van der Waals surface area contributed by atoms with E-state index in [9.17, 15) is 5.26 Å². The molecule has 0 amide bonds. The van der Waals surface area contributed by atoms with Gasteiger partial charge in [-0.3, -0.25) is 0 Å². The molecule has 0 unspecified atom stereocenters. The Morgan fingerprint density at radius 3 is 2.62 bits per heavy atom. The third-order valence-electron chi connectivity index (χ3n) is 6.07. The number of benzene rings is 2. The Balaban J connectivity index is 1.92. The van der Waals surface area contributed by atoms with Crippen molar-refractivity contribution < 1.29 is 0 Å². The number of hydrogen-bond acceptors (Lipinski definition) is 4. The van der Waals surface area contributed by atoms with E-state index >= 15 is 0 Å². The summed E-state index contributed by atoms with van der Waals surface area (Å²) in [7, 11) is 0. The van der Waals surface area contributed by atoms with Crippen LogP contribution in [0.25, 0.3) is 22.2 Å². The number of rotatable bonds is 4. The van der Waals surface area contributed by atoms with Crippen molar-refractivity contribution in [1.29, 1.82) is 10.7 Å². The van der Waals surface area contributed by atoms with Crippen LogP contribution in [0, 0.1) is 16.7 Å². The van der Waals surface area contributed by atoms with Gasteiger partial charge < -0.3 is 21.4 Å². The first-order chi connectivity index (χ1) is 14.0. The maximum Gasteiger partial charge on any atom is 0.101 e. The highest BCUT2D eigenvalue weighted by molar-refractivity contribution is 6.00. The van der Waals surface area contributed by atoms with Gasteiger partial charge in [0.05, 0.1) is 16.9 Å². The van der Waals surface area contributed by atoms with Crippen LogP contribution in [0.3, 0.4) is 0 Å². The maximum absolute atomic E-state index is 9.29. The van der Waals surface area contributed by atoms with Crippen LogP contribution < -0.4 is 11.1 Å². The summed E-state index contributed by atoms with van der Waals surface area (Å²) < 4.78 is 0. The summed E-state index contributed by atoms with van der Waals surface area (Å²) in [6.45, 7) is 6.54. The van der Waals surface area contributed by atoms with Crippen LogP contribution >= 0.6 is 0 Å². The molecule has 1 aliphatic rings. The highest BCUT2D eigenvalue weighted by Gasteiger charge is 2.22. The van der Waals surface area contributed by atoms with Gasteiger partial charge in [-0.2, -0.15) is 5.26 Å². The van der Waals surface area contributed by atoms with Crippen molar-refractivity contribution >= 4 is 22.8 Å². The Morgan fingerprint density at radius 2 is 1.97 bits per heavy atom. The Kier molecular flexibility index (Phi) is 5.12. The molecule has 5 N–H and O–H groups in total. The zero-order valence-electron chi connectivity index (χ0n) is 17.0. The molecule has 2 heterocycles. The summed E-state index contributed by atoms with van der Waals surface area (Å²) in [4.78, 5) is 3.58. The Bertz CT molecular complexity index is 1110. The van der Waals surface area contributed by atoms with Crippen LogP contribution in [-0.2, 0) is 0 Å². The second-order valence-corrected chi connectivity index (χ2v) is 8.14. The molecule has 0 spiro atoms. The molecule has 0 saturated carbocycles. The minimum absolute atomic E-state index is 0.303. The van der Waals surface area contributed by atoms with Gasteiger partial charge in [0.2, 0.25) is 0 Å². The van der Waals surface area contributed by atoms with Crippen molar-refractivity contribution in [2.45, 2.75) is 38.5 Å². The average Bonchev–Trinajstić information content (AvgIpc) is 3.12. The topological polar surface area (TPSA) is 101 Å². The second-order valence-electron chi connectivity index (χ2n) is 8.14. The lowest BCUT2D eigenvalue weighted by atomic mass is 9.87. The van der Waals surface area contributed by atoms with E-state index in [-0.39, 0.29) is 0 Å². The summed E-state index contributed by atoms with van der Waals surface area (Å²) in [5, 5.41) is 21.9. The summed E-state index contributed by atoms with van der Waals surface area (Å²) in [5.74, 6) is 0.902. The van der Waals surface area contributed by atoms with Crippen LogP contribution in [0.2, 0.25) is 0 Å². The number of fused-ring (bicyclic) bond motifs is 1. The van der Waals surface area contributed by atoms with Gasteiger partial charge in [0.1, 0.15) is 6.07 Å². The van der Waals surface area contributed by atoms with Crippen molar-refractivity contribution in [2.75, 3.05) is 18.8 Å². The predicted molar refractivity (Wildman–Crippen MR) is 120 cm³/mol. The normalized spacial score (nSPS) is 15.0. The minimum Gasteiger partial charge on any atom is -0.397 e. The maximum atomic E-state index is 9.29. The molecular formula is C24H27N5. The monoisotopic (exact) mass is 385 g/mol. The van der Waals surface area contributed by atoms with Gasteiger partial charge in [-0.25, -0.2) is 0 Å². The fourth-order valence-electron chi connectivity index (χ4n) is 4.56. The number of aromatic amines is 1. The Morgan fingerprint density at radius 1 is 1.21 bits per heavy atom. The number of hydrogen-bond donors (Lipinski definition) is 4. The molecule has 4 rings (SSSR count). The van der Waals surface area contributed by atoms with Crippen molar-refractivity contribution in [3.8, 4) is 17.3 Å². The van der Waals surface area contributed by atoms with E-state index in [1.165, 1.54) is 35.6 Å². The number of nitrogens with one attached hydrogen (secondary N) is 3. The van der Waals surface area contributed by atoms with Crippen molar-refractivity contribution in [3.05, 3.63) is 52.6 Å². The number of piperidine rings is 1. The van der Waals surface area contributed by atoms with Crippen LogP contribution in [0.5, 0.6) is 0 Å². The lowest BCUT2D eigenvalue weighted by Crippen LogP contribution is -2.26. The van der Waals surface area contributed by atoms with Crippen LogP contribution in [0.4, 0.5) is 5.69 Å². The predicted octanol–water partition coefficient (Wildman–Crippen LogP) is 4.88. The zero-order valence-corrected chi connectivity index (χ0v) is 17.0. The standard InChI is InChI=1S/C24H27N5/c1-14(2)22-19-11-16(15-7-9-28-10-8-15)4-6-21(19)29-24(22)18-5-3-17(12-25)23(27)20(18)13-26/h3-6,11,13-15,26,28-29H,7-10,27H2,1-2H3. The molecule has 0 bridgehead atoms. The first kappa shape index (κ1) is 19.2. The van der Waals surface area contributed by atoms with Gasteiger partial charge in [0, 0.05) is 28.2 Å². The van der Waals surface area contributed by atoms with Gasteiger partial charge in [0.15, 0.2) is 0 Å². The quantitative estimate of drug-likeness (QED) is 0.380. The van der Waals surface area contributed by atoms with Crippen LogP contribution in [0.15, 0.2) is 30.3 Å².